The minimum atomic E-state index is -3.83. The monoisotopic (exact) mass is 531 g/mol. The van der Waals surface area contributed by atoms with Crippen molar-refractivity contribution in [2.45, 2.75) is 52.6 Å². The van der Waals surface area contributed by atoms with Crippen LogP contribution in [0.5, 0.6) is 11.5 Å². The maximum Gasteiger partial charge on any atom is 0.244 e. The number of carbonyl (C=O) groups is 2. The molecule has 37 heavy (non-hydrogen) atoms. The molecule has 0 saturated carbocycles. The first-order chi connectivity index (χ1) is 17.6. The van der Waals surface area contributed by atoms with Crippen molar-refractivity contribution in [3.8, 4) is 11.5 Å². The molecule has 0 spiro atoms. The molecule has 1 atom stereocenters. The fourth-order valence-electron chi connectivity index (χ4n) is 4.12. The second-order valence-corrected chi connectivity index (χ2v) is 11.1. The number of ether oxygens (including phenoxy) is 2. The predicted octanol–water partition coefficient (Wildman–Crippen LogP) is 3.26. The van der Waals surface area contributed by atoms with Gasteiger partial charge in [0.15, 0.2) is 11.5 Å². The molecular formula is C27H37N3O6S. The van der Waals surface area contributed by atoms with Crippen molar-refractivity contribution < 1.29 is 27.5 Å². The number of sulfonamides is 1. The molecule has 1 N–H and O–H groups in total. The number of benzene rings is 2. The summed E-state index contributed by atoms with van der Waals surface area (Å²) in [6, 6.07) is 11.7. The standard InChI is InChI=1S/C27H37N3O6S/c1-5-7-14-28-27(32)23(6-2)29(18-21-10-8-20(3)9-11-21)26(31)19-30(37(4,33)34)22-12-13-24-25(17-22)36-16-15-35-24/h8-13,17,23H,5-7,14-16,18-19H2,1-4H3,(H,28,32)/t23-/m1/s1. The van der Waals surface area contributed by atoms with E-state index in [0.717, 1.165) is 34.5 Å². The summed E-state index contributed by atoms with van der Waals surface area (Å²) < 4.78 is 37.8. The third-order valence-corrected chi connectivity index (χ3v) is 7.32. The molecule has 2 amide bonds. The van der Waals surface area contributed by atoms with Gasteiger partial charge in [-0.1, -0.05) is 50.1 Å². The molecule has 0 bridgehead atoms. The lowest BCUT2D eigenvalue weighted by Crippen LogP contribution is -2.52. The van der Waals surface area contributed by atoms with Gasteiger partial charge in [0.25, 0.3) is 0 Å². The second kappa shape index (κ2) is 12.8. The first-order valence-electron chi connectivity index (χ1n) is 12.6. The van der Waals surface area contributed by atoms with E-state index >= 15 is 0 Å². The van der Waals surface area contributed by atoms with Crippen molar-refractivity contribution in [3.63, 3.8) is 0 Å². The van der Waals surface area contributed by atoms with E-state index < -0.39 is 28.5 Å². The Morgan fingerprint density at radius 3 is 2.32 bits per heavy atom. The fraction of sp³-hybridized carbons (Fsp3) is 0.481. The molecule has 0 unspecified atom stereocenters. The molecule has 1 aliphatic heterocycles. The highest BCUT2D eigenvalue weighted by Gasteiger charge is 2.32. The molecule has 1 heterocycles. The van der Waals surface area contributed by atoms with Crippen LogP contribution in [0, 0.1) is 6.92 Å². The number of fused-ring (bicyclic) bond motifs is 1. The van der Waals surface area contributed by atoms with E-state index in [1.54, 1.807) is 18.2 Å². The van der Waals surface area contributed by atoms with Gasteiger partial charge in [-0.05, 0) is 37.5 Å². The number of rotatable bonds is 12. The van der Waals surface area contributed by atoms with Crippen LogP contribution in [0.3, 0.4) is 0 Å². The lowest BCUT2D eigenvalue weighted by atomic mass is 10.1. The molecule has 0 aliphatic carbocycles. The molecule has 3 rings (SSSR count). The van der Waals surface area contributed by atoms with E-state index in [1.165, 1.54) is 4.90 Å². The maximum absolute atomic E-state index is 13.8. The minimum absolute atomic E-state index is 0.178. The summed E-state index contributed by atoms with van der Waals surface area (Å²) in [5.41, 5.74) is 2.22. The molecule has 0 fully saturated rings. The van der Waals surface area contributed by atoms with Gasteiger partial charge >= 0.3 is 0 Å². The van der Waals surface area contributed by atoms with Gasteiger partial charge in [0.2, 0.25) is 21.8 Å². The number of nitrogens with zero attached hydrogens (tertiary/aromatic N) is 2. The molecular weight excluding hydrogens is 494 g/mol. The van der Waals surface area contributed by atoms with Gasteiger partial charge in [0.05, 0.1) is 11.9 Å². The number of amides is 2. The smallest absolute Gasteiger partial charge is 0.244 e. The Bertz CT molecular complexity index is 1180. The lowest BCUT2D eigenvalue weighted by Gasteiger charge is -2.33. The molecule has 1 aliphatic rings. The number of carbonyl (C=O) groups excluding carboxylic acids is 2. The number of unbranched alkanes of at least 4 members (excludes halogenated alkanes) is 1. The molecule has 9 nitrogen and oxygen atoms in total. The molecule has 10 heteroatoms. The van der Waals surface area contributed by atoms with Crippen LogP contribution < -0.4 is 19.1 Å². The van der Waals surface area contributed by atoms with Crippen molar-refractivity contribution in [1.82, 2.24) is 10.2 Å². The number of aryl methyl sites for hydroxylation is 1. The topological polar surface area (TPSA) is 105 Å². The average molecular weight is 532 g/mol. The lowest BCUT2D eigenvalue weighted by molar-refractivity contribution is -0.140. The van der Waals surface area contributed by atoms with Crippen molar-refractivity contribution in [2.24, 2.45) is 0 Å². The summed E-state index contributed by atoms with van der Waals surface area (Å²) in [7, 11) is -3.83. The van der Waals surface area contributed by atoms with E-state index in [0.29, 0.717) is 37.7 Å². The van der Waals surface area contributed by atoms with Crippen LogP contribution in [0.1, 0.15) is 44.2 Å². The van der Waals surface area contributed by atoms with Crippen LogP contribution in [0.2, 0.25) is 0 Å². The van der Waals surface area contributed by atoms with Gasteiger partial charge in [0.1, 0.15) is 25.8 Å². The zero-order valence-electron chi connectivity index (χ0n) is 22.0. The van der Waals surface area contributed by atoms with E-state index in [2.05, 4.69) is 5.32 Å². The van der Waals surface area contributed by atoms with Crippen molar-refractivity contribution in [1.29, 1.82) is 0 Å². The zero-order valence-corrected chi connectivity index (χ0v) is 22.8. The Morgan fingerprint density at radius 1 is 1.03 bits per heavy atom. The SMILES string of the molecule is CCCCNC(=O)[C@@H](CC)N(Cc1ccc(C)cc1)C(=O)CN(c1ccc2c(c1)OCCO2)S(C)(=O)=O. The summed E-state index contributed by atoms with van der Waals surface area (Å²) in [5.74, 6) is 0.216. The van der Waals surface area contributed by atoms with E-state index in [9.17, 15) is 18.0 Å². The Kier molecular flexibility index (Phi) is 9.79. The molecule has 2 aromatic carbocycles. The zero-order chi connectivity index (χ0) is 27.0. The van der Waals surface area contributed by atoms with Crippen LogP contribution in [-0.4, -0.2) is 63.7 Å². The first-order valence-corrected chi connectivity index (χ1v) is 14.5. The normalized spacial score (nSPS) is 13.5. The van der Waals surface area contributed by atoms with E-state index in [1.807, 2.05) is 45.0 Å². The summed E-state index contributed by atoms with van der Waals surface area (Å²) in [4.78, 5) is 28.3. The number of hydrogen-bond donors (Lipinski definition) is 1. The summed E-state index contributed by atoms with van der Waals surface area (Å²) in [6.07, 6.45) is 3.20. The largest absolute Gasteiger partial charge is 0.486 e. The Balaban J connectivity index is 1.92. The van der Waals surface area contributed by atoms with Gasteiger partial charge in [-0.3, -0.25) is 13.9 Å². The van der Waals surface area contributed by atoms with Crippen LogP contribution in [0.4, 0.5) is 5.69 Å². The van der Waals surface area contributed by atoms with Crippen molar-refractivity contribution in [2.75, 3.05) is 36.9 Å². The van der Waals surface area contributed by atoms with Crippen LogP contribution in [-0.2, 0) is 26.2 Å². The van der Waals surface area contributed by atoms with Gasteiger partial charge in [-0.2, -0.15) is 0 Å². The maximum atomic E-state index is 13.8. The van der Waals surface area contributed by atoms with Crippen LogP contribution >= 0.6 is 0 Å². The van der Waals surface area contributed by atoms with Crippen LogP contribution in [0.15, 0.2) is 42.5 Å². The molecule has 2 aromatic rings. The molecule has 0 radical (unpaired) electrons. The van der Waals surface area contributed by atoms with Crippen LogP contribution in [0.25, 0.3) is 0 Å². The van der Waals surface area contributed by atoms with Crippen molar-refractivity contribution in [3.05, 3.63) is 53.6 Å². The molecule has 202 valence electrons. The highest BCUT2D eigenvalue weighted by molar-refractivity contribution is 7.92. The highest BCUT2D eigenvalue weighted by Crippen LogP contribution is 2.34. The quantitative estimate of drug-likeness (QED) is 0.422. The van der Waals surface area contributed by atoms with E-state index in [4.69, 9.17) is 9.47 Å². The number of nitrogens with one attached hydrogen (secondary N) is 1. The van der Waals surface area contributed by atoms with Gasteiger partial charge < -0.3 is 19.7 Å². The number of hydrogen-bond acceptors (Lipinski definition) is 6. The minimum Gasteiger partial charge on any atom is -0.486 e. The van der Waals surface area contributed by atoms with Gasteiger partial charge in [-0.25, -0.2) is 8.42 Å². The third kappa shape index (κ3) is 7.61. The third-order valence-electron chi connectivity index (χ3n) is 6.18. The second-order valence-electron chi connectivity index (χ2n) is 9.17. The van der Waals surface area contributed by atoms with Gasteiger partial charge in [0, 0.05) is 19.2 Å². The molecule has 0 saturated heterocycles. The Hall–Kier alpha value is -3.27. The fourth-order valence-corrected chi connectivity index (χ4v) is 4.96. The van der Waals surface area contributed by atoms with E-state index in [-0.39, 0.29) is 18.1 Å². The Labute approximate surface area is 219 Å². The summed E-state index contributed by atoms with van der Waals surface area (Å²) in [5, 5.41) is 2.92. The molecule has 0 aromatic heterocycles. The first kappa shape index (κ1) is 28.3. The predicted molar refractivity (Wildman–Crippen MR) is 143 cm³/mol. The van der Waals surface area contributed by atoms with Crippen molar-refractivity contribution >= 4 is 27.5 Å². The summed E-state index contributed by atoms with van der Waals surface area (Å²) in [6.45, 7) is 6.85. The summed E-state index contributed by atoms with van der Waals surface area (Å²) >= 11 is 0. The van der Waals surface area contributed by atoms with Gasteiger partial charge in [-0.15, -0.1) is 0 Å². The highest BCUT2D eigenvalue weighted by atomic mass is 32.2. The average Bonchev–Trinajstić information content (AvgIpc) is 2.87. The Morgan fingerprint density at radius 2 is 1.70 bits per heavy atom. The number of anilines is 1.